The SMILES string of the molecule is CCCNS(=O)(=O)c1ccc(CCC(=O)Nc2cccc(C)c2C)cc1. The third kappa shape index (κ3) is 5.41. The van der Waals surface area contributed by atoms with Crippen molar-refractivity contribution < 1.29 is 13.2 Å². The lowest BCUT2D eigenvalue weighted by atomic mass is 10.1. The van der Waals surface area contributed by atoms with Gasteiger partial charge in [0.25, 0.3) is 0 Å². The van der Waals surface area contributed by atoms with Crippen molar-refractivity contribution in [1.82, 2.24) is 4.72 Å². The topological polar surface area (TPSA) is 75.3 Å². The highest BCUT2D eigenvalue weighted by molar-refractivity contribution is 7.89. The lowest BCUT2D eigenvalue weighted by Crippen LogP contribution is -2.24. The van der Waals surface area contributed by atoms with Crippen LogP contribution in [0.25, 0.3) is 0 Å². The molecule has 0 aliphatic rings. The molecule has 6 heteroatoms. The summed E-state index contributed by atoms with van der Waals surface area (Å²) in [4.78, 5) is 12.4. The maximum absolute atomic E-state index is 12.2. The van der Waals surface area contributed by atoms with E-state index < -0.39 is 10.0 Å². The molecule has 2 rings (SSSR count). The second-order valence-electron chi connectivity index (χ2n) is 6.34. The van der Waals surface area contributed by atoms with Gasteiger partial charge in [-0.25, -0.2) is 13.1 Å². The molecule has 0 saturated carbocycles. The van der Waals surface area contributed by atoms with Crippen molar-refractivity contribution in [3.05, 3.63) is 59.2 Å². The van der Waals surface area contributed by atoms with E-state index in [0.29, 0.717) is 19.4 Å². The Labute approximate surface area is 155 Å². The van der Waals surface area contributed by atoms with E-state index in [1.165, 1.54) is 0 Å². The van der Waals surface area contributed by atoms with Crippen LogP contribution < -0.4 is 10.0 Å². The van der Waals surface area contributed by atoms with Gasteiger partial charge in [-0.3, -0.25) is 4.79 Å². The van der Waals surface area contributed by atoms with Crippen molar-refractivity contribution in [2.24, 2.45) is 0 Å². The first kappa shape index (κ1) is 20.1. The molecule has 1 amide bonds. The molecule has 0 fully saturated rings. The van der Waals surface area contributed by atoms with Gasteiger partial charge in [-0.05, 0) is 61.6 Å². The van der Waals surface area contributed by atoms with Crippen LogP contribution in [-0.4, -0.2) is 20.9 Å². The van der Waals surface area contributed by atoms with Crippen LogP contribution in [0.3, 0.4) is 0 Å². The summed E-state index contributed by atoms with van der Waals surface area (Å²) in [6, 6.07) is 12.5. The minimum atomic E-state index is -3.45. The molecule has 0 unspecified atom stereocenters. The van der Waals surface area contributed by atoms with Gasteiger partial charge < -0.3 is 5.32 Å². The summed E-state index contributed by atoms with van der Waals surface area (Å²) < 4.78 is 26.7. The monoisotopic (exact) mass is 374 g/mol. The van der Waals surface area contributed by atoms with E-state index in [0.717, 1.165) is 28.8 Å². The van der Waals surface area contributed by atoms with E-state index in [2.05, 4.69) is 10.0 Å². The fourth-order valence-electron chi connectivity index (χ4n) is 2.51. The summed E-state index contributed by atoms with van der Waals surface area (Å²) >= 11 is 0. The molecule has 0 spiro atoms. The van der Waals surface area contributed by atoms with Crippen LogP contribution in [0.4, 0.5) is 5.69 Å². The standard InChI is InChI=1S/C20H26N2O3S/c1-4-14-21-26(24,25)18-11-8-17(9-12-18)10-13-20(23)22-19-7-5-6-15(2)16(19)3/h5-9,11-12,21H,4,10,13-14H2,1-3H3,(H,22,23). The number of sulfonamides is 1. The zero-order valence-corrected chi connectivity index (χ0v) is 16.3. The van der Waals surface area contributed by atoms with Crippen LogP contribution in [0.1, 0.15) is 36.5 Å². The highest BCUT2D eigenvalue weighted by Gasteiger charge is 2.13. The molecule has 2 aromatic rings. The molecular weight excluding hydrogens is 348 g/mol. The molecule has 0 aromatic heterocycles. The van der Waals surface area contributed by atoms with Crippen LogP contribution in [0.2, 0.25) is 0 Å². The highest BCUT2D eigenvalue weighted by Crippen LogP contribution is 2.18. The summed E-state index contributed by atoms with van der Waals surface area (Å²) in [5, 5.41) is 2.94. The van der Waals surface area contributed by atoms with Crippen molar-refractivity contribution in [2.45, 2.75) is 44.9 Å². The van der Waals surface area contributed by atoms with Crippen LogP contribution in [0.5, 0.6) is 0 Å². The van der Waals surface area contributed by atoms with Gasteiger partial charge in [-0.1, -0.05) is 31.2 Å². The first-order chi connectivity index (χ1) is 12.3. The Morgan fingerprint density at radius 3 is 2.38 bits per heavy atom. The van der Waals surface area contributed by atoms with E-state index >= 15 is 0 Å². The van der Waals surface area contributed by atoms with Gasteiger partial charge in [-0.2, -0.15) is 0 Å². The van der Waals surface area contributed by atoms with E-state index in [1.54, 1.807) is 24.3 Å². The third-order valence-corrected chi connectivity index (χ3v) is 5.77. The number of carbonyl (C=O) groups excluding carboxylic acids is 1. The molecule has 26 heavy (non-hydrogen) atoms. The number of anilines is 1. The molecule has 140 valence electrons. The maximum atomic E-state index is 12.2. The fourth-order valence-corrected chi connectivity index (χ4v) is 3.65. The Balaban J connectivity index is 1.93. The van der Waals surface area contributed by atoms with Crippen molar-refractivity contribution in [1.29, 1.82) is 0 Å². The minimum Gasteiger partial charge on any atom is -0.326 e. The third-order valence-electron chi connectivity index (χ3n) is 4.30. The van der Waals surface area contributed by atoms with Crippen LogP contribution >= 0.6 is 0 Å². The molecule has 0 aliphatic heterocycles. The Hall–Kier alpha value is -2.18. The van der Waals surface area contributed by atoms with Gasteiger partial charge in [0.1, 0.15) is 0 Å². The zero-order chi connectivity index (χ0) is 19.2. The molecule has 0 aliphatic carbocycles. The van der Waals surface area contributed by atoms with E-state index in [1.807, 2.05) is 39.0 Å². The zero-order valence-electron chi connectivity index (χ0n) is 15.5. The molecular formula is C20H26N2O3S. The van der Waals surface area contributed by atoms with E-state index in [4.69, 9.17) is 0 Å². The second-order valence-corrected chi connectivity index (χ2v) is 8.10. The first-order valence-corrected chi connectivity index (χ1v) is 10.3. The second kappa shape index (κ2) is 8.96. The predicted molar refractivity (Wildman–Crippen MR) is 105 cm³/mol. The van der Waals surface area contributed by atoms with Gasteiger partial charge in [0.2, 0.25) is 15.9 Å². The average Bonchev–Trinajstić information content (AvgIpc) is 2.62. The van der Waals surface area contributed by atoms with Gasteiger partial charge in [-0.15, -0.1) is 0 Å². The number of aryl methyl sites for hydroxylation is 2. The van der Waals surface area contributed by atoms with Crippen molar-refractivity contribution in [3.8, 4) is 0 Å². The first-order valence-electron chi connectivity index (χ1n) is 8.78. The van der Waals surface area contributed by atoms with Crippen LogP contribution in [0, 0.1) is 13.8 Å². The summed E-state index contributed by atoms with van der Waals surface area (Å²) in [6.45, 7) is 6.32. The lowest BCUT2D eigenvalue weighted by Gasteiger charge is -2.10. The number of carbonyl (C=O) groups is 1. The van der Waals surface area contributed by atoms with E-state index in [-0.39, 0.29) is 10.8 Å². The number of hydrogen-bond donors (Lipinski definition) is 2. The summed E-state index contributed by atoms with van der Waals surface area (Å²) in [6.07, 6.45) is 1.64. The largest absolute Gasteiger partial charge is 0.326 e. The van der Waals surface area contributed by atoms with Crippen molar-refractivity contribution in [3.63, 3.8) is 0 Å². The molecule has 5 nitrogen and oxygen atoms in total. The van der Waals surface area contributed by atoms with Crippen LogP contribution in [0.15, 0.2) is 47.4 Å². The smallest absolute Gasteiger partial charge is 0.240 e. The number of benzene rings is 2. The fraction of sp³-hybridized carbons (Fsp3) is 0.350. The maximum Gasteiger partial charge on any atom is 0.240 e. The molecule has 0 radical (unpaired) electrons. The molecule has 0 heterocycles. The number of hydrogen-bond acceptors (Lipinski definition) is 3. The molecule has 0 bridgehead atoms. The van der Waals surface area contributed by atoms with Crippen molar-refractivity contribution in [2.75, 3.05) is 11.9 Å². The molecule has 0 saturated heterocycles. The molecule has 2 aromatic carbocycles. The lowest BCUT2D eigenvalue weighted by molar-refractivity contribution is -0.116. The number of nitrogens with one attached hydrogen (secondary N) is 2. The predicted octanol–water partition coefficient (Wildman–Crippen LogP) is 3.56. The summed E-state index contributed by atoms with van der Waals surface area (Å²) in [7, 11) is -3.45. The summed E-state index contributed by atoms with van der Waals surface area (Å²) in [5.41, 5.74) is 3.96. The Kier molecular flexibility index (Phi) is 6.94. The number of amides is 1. The Morgan fingerprint density at radius 2 is 1.73 bits per heavy atom. The Bertz CT molecular complexity index is 859. The van der Waals surface area contributed by atoms with Gasteiger partial charge in [0, 0.05) is 18.7 Å². The average molecular weight is 375 g/mol. The minimum absolute atomic E-state index is 0.0555. The molecule has 0 atom stereocenters. The Morgan fingerprint density at radius 1 is 1.04 bits per heavy atom. The van der Waals surface area contributed by atoms with Gasteiger partial charge in [0.05, 0.1) is 4.90 Å². The quantitative estimate of drug-likeness (QED) is 0.742. The summed E-state index contributed by atoms with van der Waals surface area (Å²) in [5.74, 6) is -0.0555. The van der Waals surface area contributed by atoms with E-state index in [9.17, 15) is 13.2 Å². The van der Waals surface area contributed by atoms with Gasteiger partial charge in [0.15, 0.2) is 0 Å². The number of rotatable bonds is 8. The highest BCUT2D eigenvalue weighted by atomic mass is 32.2. The van der Waals surface area contributed by atoms with Crippen molar-refractivity contribution >= 4 is 21.6 Å². The molecule has 2 N–H and O–H groups in total. The normalized spacial score (nSPS) is 11.3. The van der Waals surface area contributed by atoms with Crippen LogP contribution in [-0.2, 0) is 21.2 Å². The van der Waals surface area contributed by atoms with Gasteiger partial charge >= 0.3 is 0 Å².